The molecule has 0 aliphatic heterocycles. The molecule has 0 fully saturated rings. The van der Waals surface area contributed by atoms with Gasteiger partial charge in [-0.2, -0.15) is 0 Å². The van der Waals surface area contributed by atoms with Crippen LogP contribution in [0.2, 0.25) is 0 Å². The fraction of sp³-hybridized carbons (Fsp3) is 0.333. The highest BCUT2D eigenvalue weighted by Crippen LogP contribution is 2.44. The molecule has 0 amide bonds. The minimum atomic E-state index is -2.05. The Morgan fingerprint density at radius 1 is 1.00 bits per heavy atom. The molecular weight excluding hydrogens is 344 g/mol. The SMILES string of the molecule is NCCCCC(N)(C(=O)O)C(=O)OCC1c2ccccc2-c2ccccc21. The summed E-state index contributed by atoms with van der Waals surface area (Å²) >= 11 is 0. The molecule has 0 spiro atoms. The molecule has 6 heteroatoms. The summed E-state index contributed by atoms with van der Waals surface area (Å²) in [5, 5.41) is 9.45. The predicted octanol–water partition coefficient (Wildman–Crippen LogP) is 2.25. The van der Waals surface area contributed by atoms with Gasteiger partial charge in [0.1, 0.15) is 6.61 Å². The predicted molar refractivity (Wildman–Crippen MR) is 102 cm³/mol. The van der Waals surface area contributed by atoms with E-state index in [0.717, 1.165) is 22.3 Å². The van der Waals surface area contributed by atoms with E-state index in [-0.39, 0.29) is 18.9 Å². The van der Waals surface area contributed by atoms with E-state index in [1.54, 1.807) is 0 Å². The van der Waals surface area contributed by atoms with Gasteiger partial charge in [0, 0.05) is 5.92 Å². The molecular formula is C21H24N2O4. The molecule has 3 rings (SSSR count). The summed E-state index contributed by atoms with van der Waals surface area (Å²) in [6, 6.07) is 15.9. The number of hydrogen-bond donors (Lipinski definition) is 3. The van der Waals surface area contributed by atoms with Crippen LogP contribution in [0, 0.1) is 0 Å². The Bertz CT molecular complexity index is 806. The lowest BCUT2D eigenvalue weighted by Gasteiger charge is -2.24. The van der Waals surface area contributed by atoms with Gasteiger partial charge in [0.2, 0.25) is 5.54 Å². The second kappa shape index (κ2) is 7.90. The van der Waals surface area contributed by atoms with Crippen molar-refractivity contribution < 1.29 is 19.4 Å². The summed E-state index contributed by atoms with van der Waals surface area (Å²) in [5.41, 5.74) is 13.6. The van der Waals surface area contributed by atoms with Crippen LogP contribution >= 0.6 is 0 Å². The Morgan fingerprint density at radius 2 is 1.56 bits per heavy atom. The third kappa shape index (κ3) is 3.59. The van der Waals surface area contributed by atoms with Crippen LogP contribution in [0.5, 0.6) is 0 Å². The molecule has 1 aliphatic rings. The number of rotatable bonds is 8. The zero-order chi connectivity index (χ0) is 19.4. The van der Waals surface area contributed by atoms with E-state index in [4.69, 9.17) is 16.2 Å². The quantitative estimate of drug-likeness (QED) is 0.374. The average Bonchev–Trinajstić information content (AvgIpc) is 3.00. The molecule has 1 unspecified atom stereocenters. The molecule has 6 nitrogen and oxygen atoms in total. The number of nitrogens with two attached hydrogens (primary N) is 2. The highest BCUT2D eigenvalue weighted by molar-refractivity contribution is 6.03. The molecule has 142 valence electrons. The van der Waals surface area contributed by atoms with Crippen LogP contribution in [0.3, 0.4) is 0 Å². The van der Waals surface area contributed by atoms with E-state index < -0.39 is 17.5 Å². The van der Waals surface area contributed by atoms with Crippen molar-refractivity contribution in [2.75, 3.05) is 13.2 Å². The summed E-state index contributed by atoms with van der Waals surface area (Å²) in [6.45, 7) is 0.469. The van der Waals surface area contributed by atoms with E-state index >= 15 is 0 Å². The topological polar surface area (TPSA) is 116 Å². The van der Waals surface area contributed by atoms with Crippen LogP contribution in [0.4, 0.5) is 0 Å². The lowest BCUT2D eigenvalue weighted by molar-refractivity contribution is -0.161. The molecule has 0 radical (unpaired) electrons. The second-order valence-corrected chi connectivity index (χ2v) is 6.85. The van der Waals surface area contributed by atoms with Gasteiger partial charge in [-0.25, -0.2) is 9.59 Å². The molecule has 0 heterocycles. The summed E-state index contributed by atoms with van der Waals surface area (Å²) in [6.07, 6.45) is 1.04. The zero-order valence-corrected chi connectivity index (χ0v) is 15.1. The van der Waals surface area contributed by atoms with Crippen molar-refractivity contribution in [1.82, 2.24) is 0 Å². The number of benzene rings is 2. The normalized spacial score (nSPS) is 14.9. The summed E-state index contributed by atoms with van der Waals surface area (Å²) in [7, 11) is 0. The molecule has 0 saturated carbocycles. The van der Waals surface area contributed by atoms with Crippen LogP contribution in [-0.4, -0.2) is 35.7 Å². The van der Waals surface area contributed by atoms with Gasteiger partial charge < -0.3 is 21.3 Å². The Morgan fingerprint density at radius 3 is 2.07 bits per heavy atom. The van der Waals surface area contributed by atoms with Crippen LogP contribution < -0.4 is 11.5 Å². The highest BCUT2D eigenvalue weighted by Gasteiger charge is 2.44. The average molecular weight is 368 g/mol. The van der Waals surface area contributed by atoms with E-state index in [1.165, 1.54) is 0 Å². The number of hydrogen-bond acceptors (Lipinski definition) is 5. The van der Waals surface area contributed by atoms with Gasteiger partial charge in [0.05, 0.1) is 0 Å². The van der Waals surface area contributed by atoms with Crippen molar-refractivity contribution in [2.45, 2.75) is 30.7 Å². The first-order valence-corrected chi connectivity index (χ1v) is 9.07. The van der Waals surface area contributed by atoms with Gasteiger partial charge in [-0.05, 0) is 48.1 Å². The summed E-state index contributed by atoms with van der Waals surface area (Å²) < 4.78 is 5.42. The molecule has 0 bridgehead atoms. The lowest BCUT2D eigenvalue weighted by Crippen LogP contribution is -2.56. The van der Waals surface area contributed by atoms with Crippen molar-refractivity contribution >= 4 is 11.9 Å². The van der Waals surface area contributed by atoms with Crippen molar-refractivity contribution in [3.05, 3.63) is 59.7 Å². The molecule has 5 N–H and O–H groups in total. The first kappa shape index (κ1) is 19.1. The summed E-state index contributed by atoms with van der Waals surface area (Å²) in [4.78, 5) is 24.1. The number of carbonyl (C=O) groups is 2. The van der Waals surface area contributed by atoms with Gasteiger partial charge in [-0.15, -0.1) is 0 Å². The fourth-order valence-corrected chi connectivity index (χ4v) is 3.57. The van der Waals surface area contributed by atoms with E-state index in [9.17, 15) is 14.7 Å². The zero-order valence-electron chi connectivity index (χ0n) is 15.1. The molecule has 0 aromatic heterocycles. The maximum atomic E-state index is 12.5. The van der Waals surface area contributed by atoms with E-state index in [2.05, 4.69) is 0 Å². The number of esters is 1. The van der Waals surface area contributed by atoms with E-state index in [1.807, 2.05) is 48.5 Å². The number of ether oxygens (including phenoxy) is 1. The first-order valence-electron chi connectivity index (χ1n) is 9.07. The molecule has 2 aromatic carbocycles. The maximum absolute atomic E-state index is 12.5. The smallest absolute Gasteiger partial charge is 0.337 e. The molecule has 0 saturated heterocycles. The number of carbonyl (C=O) groups excluding carboxylic acids is 1. The first-order chi connectivity index (χ1) is 13.0. The fourth-order valence-electron chi connectivity index (χ4n) is 3.57. The van der Waals surface area contributed by atoms with Gasteiger partial charge in [-0.1, -0.05) is 48.5 Å². The van der Waals surface area contributed by atoms with E-state index in [0.29, 0.717) is 19.4 Å². The summed E-state index contributed by atoms with van der Waals surface area (Å²) in [5.74, 6) is -2.42. The molecule has 1 aliphatic carbocycles. The largest absolute Gasteiger partial charge is 0.479 e. The Kier molecular flexibility index (Phi) is 5.58. The number of carboxylic acid groups (broad SMARTS) is 1. The van der Waals surface area contributed by atoms with Crippen LogP contribution in [0.25, 0.3) is 11.1 Å². The van der Waals surface area contributed by atoms with Gasteiger partial charge in [0.15, 0.2) is 0 Å². The number of fused-ring (bicyclic) bond motifs is 3. The van der Waals surface area contributed by atoms with Crippen molar-refractivity contribution in [3.63, 3.8) is 0 Å². The van der Waals surface area contributed by atoms with Gasteiger partial charge in [-0.3, -0.25) is 0 Å². The Balaban J connectivity index is 1.78. The number of carboxylic acids is 1. The number of aliphatic carboxylic acids is 1. The van der Waals surface area contributed by atoms with Crippen molar-refractivity contribution in [3.8, 4) is 11.1 Å². The van der Waals surface area contributed by atoms with Gasteiger partial charge in [0.25, 0.3) is 0 Å². The van der Waals surface area contributed by atoms with Gasteiger partial charge >= 0.3 is 11.9 Å². The molecule has 27 heavy (non-hydrogen) atoms. The monoisotopic (exact) mass is 368 g/mol. The standard InChI is InChI=1S/C21H24N2O4/c22-12-6-5-11-21(23,19(24)25)20(26)27-13-18-16-9-3-1-7-14(16)15-8-2-4-10-17(15)18/h1-4,7-10,18H,5-6,11-13,22-23H2,(H,24,25). The van der Waals surface area contributed by atoms with Crippen LogP contribution in [0.1, 0.15) is 36.3 Å². The second-order valence-electron chi connectivity index (χ2n) is 6.85. The highest BCUT2D eigenvalue weighted by atomic mass is 16.5. The Labute approximate surface area is 158 Å². The molecule has 2 aromatic rings. The third-order valence-electron chi connectivity index (χ3n) is 5.11. The van der Waals surface area contributed by atoms with Crippen molar-refractivity contribution in [1.29, 1.82) is 0 Å². The maximum Gasteiger partial charge on any atom is 0.337 e. The number of unbranched alkanes of at least 4 members (excludes halogenated alkanes) is 1. The molecule has 1 atom stereocenters. The Hall–Kier alpha value is -2.70. The van der Waals surface area contributed by atoms with Crippen LogP contribution in [-0.2, 0) is 14.3 Å². The minimum Gasteiger partial charge on any atom is -0.479 e. The lowest BCUT2D eigenvalue weighted by atomic mass is 9.93. The minimum absolute atomic E-state index is 0.00376. The van der Waals surface area contributed by atoms with Crippen molar-refractivity contribution in [2.24, 2.45) is 11.5 Å². The third-order valence-corrected chi connectivity index (χ3v) is 5.11. The van der Waals surface area contributed by atoms with Crippen LogP contribution in [0.15, 0.2) is 48.5 Å².